The van der Waals surface area contributed by atoms with Gasteiger partial charge in [-0.15, -0.1) is 0 Å². The SMILES string of the molecule is C=C(/N=C\C(C)=C/C)OCCCC. The van der Waals surface area contributed by atoms with Gasteiger partial charge in [0.25, 0.3) is 0 Å². The van der Waals surface area contributed by atoms with Crippen molar-refractivity contribution in [1.82, 2.24) is 0 Å². The van der Waals surface area contributed by atoms with Crippen molar-refractivity contribution in [2.24, 2.45) is 4.99 Å². The van der Waals surface area contributed by atoms with E-state index in [1.807, 2.05) is 19.9 Å². The summed E-state index contributed by atoms with van der Waals surface area (Å²) in [5, 5.41) is 0. The van der Waals surface area contributed by atoms with E-state index in [9.17, 15) is 0 Å². The average molecular weight is 181 g/mol. The summed E-state index contributed by atoms with van der Waals surface area (Å²) in [4.78, 5) is 4.06. The van der Waals surface area contributed by atoms with Crippen LogP contribution in [0.15, 0.2) is 29.1 Å². The molecule has 0 N–H and O–H groups in total. The summed E-state index contributed by atoms with van der Waals surface area (Å²) in [6.07, 6.45) is 5.93. The van der Waals surface area contributed by atoms with Gasteiger partial charge >= 0.3 is 0 Å². The molecule has 0 rings (SSSR count). The first-order valence-electron chi connectivity index (χ1n) is 4.69. The van der Waals surface area contributed by atoms with E-state index in [1.54, 1.807) is 6.21 Å². The Bertz CT molecular complexity index is 204. The Labute approximate surface area is 81.0 Å². The monoisotopic (exact) mass is 181 g/mol. The fraction of sp³-hybridized carbons (Fsp3) is 0.545. The molecule has 0 radical (unpaired) electrons. The van der Waals surface area contributed by atoms with Crippen LogP contribution in [-0.2, 0) is 4.74 Å². The van der Waals surface area contributed by atoms with E-state index in [2.05, 4.69) is 18.5 Å². The molecule has 0 unspecified atom stereocenters. The third kappa shape index (κ3) is 7.32. The van der Waals surface area contributed by atoms with Crippen LogP contribution in [0.4, 0.5) is 0 Å². The Morgan fingerprint density at radius 1 is 1.54 bits per heavy atom. The maximum absolute atomic E-state index is 5.26. The molecule has 0 aliphatic rings. The van der Waals surface area contributed by atoms with Gasteiger partial charge in [-0.1, -0.05) is 19.4 Å². The van der Waals surface area contributed by atoms with Crippen LogP contribution in [0.2, 0.25) is 0 Å². The molecule has 0 fully saturated rings. The van der Waals surface area contributed by atoms with Gasteiger partial charge in [-0.05, 0) is 32.4 Å². The number of aliphatic imine (C=N–C) groups is 1. The van der Waals surface area contributed by atoms with E-state index in [0.29, 0.717) is 12.5 Å². The highest BCUT2D eigenvalue weighted by atomic mass is 16.5. The molecule has 0 heterocycles. The number of allylic oxidation sites excluding steroid dienone is 2. The van der Waals surface area contributed by atoms with Crippen LogP contribution < -0.4 is 0 Å². The Kier molecular flexibility index (Phi) is 6.98. The maximum atomic E-state index is 5.26. The first-order valence-corrected chi connectivity index (χ1v) is 4.69. The van der Waals surface area contributed by atoms with Crippen LogP contribution in [0, 0.1) is 0 Å². The lowest BCUT2D eigenvalue weighted by Gasteiger charge is -2.02. The molecule has 0 aliphatic heterocycles. The van der Waals surface area contributed by atoms with Gasteiger partial charge in [0.1, 0.15) is 0 Å². The van der Waals surface area contributed by atoms with Gasteiger partial charge in [-0.25, -0.2) is 4.99 Å². The standard InChI is InChI=1S/C11H19NO/c1-5-7-8-13-11(4)12-9-10(3)6-2/h6,9H,4-5,7-8H2,1-3H3/b10-6-,12-9-. The largest absolute Gasteiger partial charge is 0.478 e. The highest BCUT2D eigenvalue weighted by Gasteiger charge is 1.89. The number of nitrogens with zero attached hydrogens (tertiary/aromatic N) is 1. The van der Waals surface area contributed by atoms with E-state index in [1.165, 1.54) is 0 Å². The second kappa shape index (κ2) is 7.59. The van der Waals surface area contributed by atoms with E-state index in [0.717, 1.165) is 18.4 Å². The molecular weight excluding hydrogens is 162 g/mol. The molecule has 0 saturated carbocycles. The molecule has 0 saturated heterocycles. The van der Waals surface area contributed by atoms with Crippen molar-refractivity contribution in [3.63, 3.8) is 0 Å². The summed E-state index contributed by atoms with van der Waals surface area (Å²) in [5.41, 5.74) is 1.11. The number of hydrogen-bond donors (Lipinski definition) is 0. The van der Waals surface area contributed by atoms with Gasteiger partial charge in [0, 0.05) is 6.21 Å². The molecule has 13 heavy (non-hydrogen) atoms. The van der Waals surface area contributed by atoms with Crippen LogP contribution in [0.3, 0.4) is 0 Å². The van der Waals surface area contributed by atoms with Crippen LogP contribution >= 0.6 is 0 Å². The lowest BCUT2D eigenvalue weighted by atomic mass is 10.3. The molecule has 2 heteroatoms. The number of rotatable bonds is 6. The number of ether oxygens (including phenoxy) is 1. The summed E-state index contributed by atoms with van der Waals surface area (Å²) >= 11 is 0. The Morgan fingerprint density at radius 3 is 2.77 bits per heavy atom. The average Bonchev–Trinajstić information content (AvgIpc) is 2.14. The Morgan fingerprint density at radius 2 is 2.23 bits per heavy atom. The minimum Gasteiger partial charge on any atom is -0.478 e. The van der Waals surface area contributed by atoms with Crippen molar-refractivity contribution in [2.45, 2.75) is 33.6 Å². The van der Waals surface area contributed by atoms with Crippen molar-refractivity contribution < 1.29 is 4.74 Å². The summed E-state index contributed by atoms with van der Waals surface area (Å²) < 4.78 is 5.26. The third-order valence-corrected chi connectivity index (χ3v) is 1.63. The smallest absolute Gasteiger partial charge is 0.205 e. The van der Waals surface area contributed by atoms with Gasteiger partial charge in [-0.3, -0.25) is 0 Å². The summed E-state index contributed by atoms with van der Waals surface area (Å²) in [5.74, 6) is 0.495. The van der Waals surface area contributed by atoms with E-state index in [4.69, 9.17) is 4.74 Å². The molecule has 0 aliphatic carbocycles. The van der Waals surface area contributed by atoms with Gasteiger partial charge in [0.15, 0.2) is 0 Å². The number of unbranched alkanes of at least 4 members (excludes halogenated alkanes) is 1. The highest BCUT2D eigenvalue weighted by Crippen LogP contribution is 1.99. The Hall–Kier alpha value is -1.05. The van der Waals surface area contributed by atoms with Crippen molar-refractivity contribution in [3.05, 3.63) is 24.1 Å². The predicted molar refractivity (Wildman–Crippen MR) is 57.9 cm³/mol. The van der Waals surface area contributed by atoms with Crippen molar-refractivity contribution >= 4 is 6.21 Å². The van der Waals surface area contributed by atoms with Gasteiger partial charge in [0.05, 0.1) is 6.61 Å². The molecule has 0 aromatic rings. The maximum Gasteiger partial charge on any atom is 0.205 e. The highest BCUT2D eigenvalue weighted by molar-refractivity contribution is 5.78. The lowest BCUT2D eigenvalue weighted by molar-refractivity contribution is 0.207. The molecular formula is C11H19NO. The van der Waals surface area contributed by atoms with Crippen LogP contribution in [-0.4, -0.2) is 12.8 Å². The molecule has 0 atom stereocenters. The molecule has 0 aromatic carbocycles. The second-order valence-corrected chi connectivity index (χ2v) is 2.89. The van der Waals surface area contributed by atoms with E-state index in [-0.39, 0.29) is 0 Å². The Balaban J connectivity index is 3.68. The van der Waals surface area contributed by atoms with Gasteiger partial charge in [0.2, 0.25) is 5.88 Å². The fourth-order valence-corrected chi connectivity index (χ4v) is 0.620. The van der Waals surface area contributed by atoms with Gasteiger partial charge in [-0.2, -0.15) is 0 Å². The predicted octanol–water partition coefficient (Wildman–Crippen LogP) is 3.31. The zero-order valence-electron chi connectivity index (χ0n) is 8.84. The first-order chi connectivity index (χ1) is 6.20. The topological polar surface area (TPSA) is 21.6 Å². The zero-order valence-corrected chi connectivity index (χ0v) is 8.84. The fourth-order valence-electron chi connectivity index (χ4n) is 0.620. The third-order valence-electron chi connectivity index (χ3n) is 1.63. The van der Waals surface area contributed by atoms with Crippen molar-refractivity contribution in [2.75, 3.05) is 6.61 Å². The zero-order chi connectivity index (χ0) is 10.1. The number of hydrogen-bond acceptors (Lipinski definition) is 2. The van der Waals surface area contributed by atoms with Crippen LogP contribution in [0.5, 0.6) is 0 Å². The molecule has 0 spiro atoms. The molecule has 0 aromatic heterocycles. The normalized spacial score (nSPS) is 12.1. The van der Waals surface area contributed by atoms with E-state index >= 15 is 0 Å². The molecule has 74 valence electrons. The first kappa shape index (κ1) is 11.9. The minimum absolute atomic E-state index is 0.495. The summed E-state index contributed by atoms with van der Waals surface area (Å²) in [6, 6.07) is 0. The quantitative estimate of drug-likeness (QED) is 0.350. The summed E-state index contributed by atoms with van der Waals surface area (Å²) in [6.45, 7) is 10.5. The van der Waals surface area contributed by atoms with Crippen LogP contribution in [0.25, 0.3) is 0 Å². The second-order valence-electron chi connectivity index (χ2n) is 2.89. The van der Waals surface area contributed by atoms with Crippen molar-refractivity contribution in [3.8, 4) is 0 Å². The minimum atomic E-state index is 0.495. The molecule has 0 amide bonds. The lowest BCUT2D eigenvalue weighted by Crippen LogP contribution is -1.91. The van der Waals surface area contributed by atoms with Crippen molar-refractivity contribution in [1.29, 1.82) is 0 Å². The van der Waals surface area contributed by atoms with E-state index < -0.39 is 0 Å². The van der Waals surface area contributed by atoms with Gasteiger partial charge < -0.3 is 4.74 Å². The van der Waals surface area contributed by atoms with Crippen LogP contribution in [0.1, 0.15) is 33.6 Å². The summed E-state index contributed by atoms with van der Waals surface area (Å²) in [7, 11) is 0. The molecule has 2 nitrogen and oxygen atoms in total. The molecule has 0 bridgehead atoms.